The van der Waals surface area contributed by atoms with E-state index in [4.69, 9.17) is 5.11 Å². The Morgan fingerprint density at radius 3 is 2.57 bits per heavy atom. The zero-order valence-corrected chi connectivity index (χ0v) is 12.6. The third-order valence-electron chi connectivity index (χ3n) is 4.17. The van der Waals surface area contributed by atoms with Crippen LogP contribution in [0, 0.1) is 11.8 Å². The van der Waals surface area contributed by atoms with Crippen LogP contribution < -0.4 is 0 Å². The second-order valence-electron chi connectivity index (χ2n) is 5.60. The van der Waals surface area contributed by atoms with Crippen molar-refractivity contribution in [2.24, 2.45) is 0 Å². The molecular formula is C18H25NO2. The number of aliphatic hydroxyl groups is 2. The van der Waals surface area contributed by atoms with E-state index in [-0.39, 0.29) is 13.2 Å². The van der Waals surface area contributed by atoms with Gasteiger partial charge in [0.15, 0.2) is 0 Å². The molecule has 0 saturated heterocycles. The number of nitrogens with zero attached hydrogens (tertiary/aromatic N) is 1. The predicted molar refractivity (Wildman–Crippen MR) is 84.8 cm³/mol. The van der Waals surface area contributed by atoms with Gasteiger partial charge in [-0.3, -0.25) is 4.90 Å². The SMILES string of the molecule is OCC#Cc1ccccc1CN(CCO)C1CCCCC1. The van der Waals surface area contributed by atoms with Gasteiger partial charge in [0.1, 0.15) is 6.61 Å². The summed E-state index contributed by atoms with van der Waals surface area (Å²) in [5.41, 5.74) is 2.16. The molecule has 1 saturated carbocycles. The summed E-state index contributed by atoms with van der Waals surface area (Å²) in [6.07, 6.45) is 6.37. The van der Waals surface area contributed by atoms with Crippen molar-refractivity contribution in [3.63, 3.8) is 0 Å². The zero-order valence-electron chi connectivity index (χ0n) is 12.6. The molecule has 0 heterocycles. The molecular weight excluding hydrogens is 262 g/mol. The molecule has 1 fully saturated rings. The van der Waals surface area contributed by atoms with Gasteiger partial charge in [-0.2, -0.15) is 0 Å². The maximum Gasteiger partial charge on any atom is 0.104 e. The largest absolute Gasteiger partial charge is 0.395 e. The van der Waals surface area contributed by atoms with Crippen LogP contribution in [0.15, 0.2) is 24.3 Å². The van der Waals surface area contributed by atoms with Gasteiger partial charge in [-0.1, -0.05) is 49.3 Å². The third-order valence-corrected chi connectivity index (χ3v) is 4.17. The molecule has 1 aromatic carbocycles. The van der Waals surface area contributed by atoms with E-state index < -0.39 is 0 Å². The molecule has 2 rings (SSSR count). The summed E-state index contributed by atoms with van der Waals surface area (Å²) in [4.78, 5) is 2.39. The average molecular weight is 287 g/mol. The Morgan fingerprint density at radius 2 is 1.86 bits per heavy atom. The van der Waals surface area contributed by atoms with Gasteiger partial charge in [-0.15, -0.1) is 0 Å². The van der Waals surface area contributed by atoms with Crippen molar-refractivity contribution in [3.05, 3.63) is 35.4 Å². The minimum atomic E-state index is -0.114. The highest BCUT2D eigenvalue weighted by Gasteiger charge is 2.21. The van der Waals surface area contributed by atoms with Gasteiger partial charge in [0.05, 0.1) is 6.61 Å². The van der Waals surface area contributed by atoms with Gasteiger partial charge < -0.3 is 10.2 Å². The quantitative estimate of drug-likeness (QED) is 0.816. The fraction of sp³-hybridized carbons (Fsp3) is 0.556. The molecule has 114 valence electrons. The third kappa shape index (κ3) is 4.86. The van der Waals surface area contributed by atoms with Crippen LogP contribution in [0.25, 0.3) is 0 Å². The topological polar surface area (TPSA) is 43.7 Å². The lowest BCUT2D eigenvalue weighted by Crippen LogP contribution is -2.38. The van der Waals surface area contributed by atoms with Crippen molar-refractivity contribution in [1.82, 2.24) is 4.90 Å². The van der Waals surface area contributed by atoms with Gasteiger partial charge in [-0.05, 0) is 24.5 Å². The summed E-state index contributed by atoms with van der Waals surface area (Å²) >= 11 is 0. The van der Waals surface area contributed by atoms with Crippen LogP contribution >= 0.6 is 0 Å². The van der Waals surface area contributed by atoms with E-state index in [2.05, 4.69) is 22.8 Å². The summed E-state index contributed by atoms with van der Waals surface area (Å²) in [6.45, 7) is 1.62. The maximum absolute atomic E-state index is 9.35. The molecule has 0 spiro atoms. The standard InChI is InChI=1S/C18H25NO2/c20-13-6-9-16-7-4-5-8-17(16)15-19(12-14-21)18-10-2-1-3-11-18/h4-5,7-8,18,20-21H,1-3,10-15H2. The van der Waals surface area contributed by atoms with Crippen LogP contribution in [-0.4, -0.2) is 40.9 Å². The van der Waals surface area contributed by atoms with E-state index in [9.17, 15) is 5.11 Å². The number of aliphatic hydroxyl groups excluding tert-OH is 2. The Labute approximate surface area is 127 Å². The molecule has 0 bridgehead atoms. The molecule has 3 heteroatoms. The molecule has 0 aromatic heterocycles. The lowest BCUT2D eigenvalue weighted by Gasteiger charge is -2.34. The molecule has 0 radical (unpaired) electrons. The van der Waals surface area contributed by atoms with E-state index in [1.165, 1.54) is 37.7 Å². The van der Waals surface area contributed by atoms with Crippen LogP contribution in [0.5, 0.6) is 0 Å². The van der Waals surface area contributed by atoms with Crippen LogP contribution in [0.3, 0.4) is 0 Å². The molecule has 0 atom stereocenters. The summed E-state index contributed by atoms with van der Waals surface area (Å²) < 4.78 is 0. The fourth-order valence-electron chi connectivity index (χ4n) is 3.10. The maximum atomic E-state index is 9.35. The molecule has 1 aromatic rings. The second-order valence-corrected chi connectivity index (χ2v) is 5.60. The first-order valence-electron chi connectivity index (χ1n) is 7.87. The van der Waals surface area contributed by atoms with Crippen molar-refractivity contribution in [2.75, 3.05) is 19.8 Å². The van der Waals surface area contributed by atoms with E-state index in [1.54, 1.807) is 0 Å². The highest BCUT2D eigenvalue weighted by Crippen LogP contribution is 2.24. The van der Waals surface area contributed by atoms with Gasteiger partial charge in [-0.25, -0.2) is 0 Å². The van der Waals surface area contributed by atoms with E-state index in [0.717, 1.165) is 12.1 Å². The Balaban J connectivity index is 2.12. The minimum absolute atomic E-state index is 0.114. The number of benzene rings is 1. The first kappa shape index (κ1) is 16.0. The fourth-order valence-corrected chi connectivity index (χ4v) is 3.10. The molecule has 21 heavy (non-hydrogen) atoms. The zero-order chi connectivity index (χ0) is 14.9. The average Bonchev–Trinajstić information content (AvgIpc) is 2.54. The monoisotopic (exact) mass is 287 g/mol. The Bertz CT molecular complexity index is 483. The van der Waals surface area contributed by atoms with Crippen molar-refractivity contribution >= 4 is 0 Å². The number of hydrogen-bond donors (Lipinski definition) is 2. The lowest BCUT2D eigenvalue weighted by molar-refractivity contribution is 0.117. The van der Waals surface area contributed by atoms with Gasteiger partial charge in [0, 0.05) is 24.7 Å². The van der Waals surface area contributed by atoms with Crippen LogP contribution in [0.1, 0.15) is 43.2 Å². The van der Waals surface area contributed by atoms with Gasteiger partial charge in [0.25, 0.3) is 0 Å². The smallest absolute Gasteiger partial charge is 0.104 e. The highest BCUT2D eigenvalue weighted by atomic mass is 16.3. The molecule has 2 N–H and O–H groups in total. The van der Waals surface area contributed by atoms with Gasteiger partial charge >= 0.3 is 0 Å². The van der Waals surface area contributed by atoms with Crippen molar-refractivity contribution < 1.29 is 10.2 Å². The van der Waals surface area contributed by atoms with Crippen molar-refractivity contribution in [3.8, 4) is 11.8 Å². The Hall–Kier alpha value is -1.34. The molecule has 0 unspecified atom stereocenters. The van der Waals surface area contributed by atoms with Crippen molar-refractivity contribution in [1.29, 1.82) is 0 Å². The number of rotatable bonds is 5. The predicted octanol–water partition coefficient (Wildman–Crippen LogP) is 2.16. The van der Waals surface area contributed by atoms with Gasteiger partial charge in [0.2, 0.25) is 0 Å². The van der Waals surface area contributed by atoms with Crippen LogP contribution in [0.2, 0.25) is 0 Å². The van der Waals surface area contributed by atoms with E-state index in [0.29, 0.717) is 12.6 Å². The normalized spacial score (nSPS) is 15.8. The van der Waals surface area contributed by atoms with E-state index >= 15 is 0 Å². The lowest BCUT2D eigenvalue weighted by atomic mass is 9.93. The first-order chi connectivity index (χ1) is 10.3. The van der Waals surface area contributed by atoms with Crippen LogP contribution in [0.4, 0.5) is 0 Å². The summed E-state index contributed by atoms with van der Waals surface area (Å²) in [7, 11) is 0. The summed E-state index contributed by atoms with van der Waals surface area (Å²) in [5.74, 6) is 5.75. The highest BCUT2D eigenvalue weighted by molar-refractivity contribution is 5.41. The molecule has 0 amide bonds. The van der Waals surface area contributed by atoms with Crippen molar-refractivity contribution in [2.45, 2.75) is 44.7 Å². The van der Waals surface area contributed by atoms with Crippen LogP contribution in [-0.2, 0) is 6.54 Å². The molecule has 0 aliphatic heterocycles. The Morgan fingerprint density at radius 1 is 1.10 bits per heavy atom. The number of hydrogen-bond acceptors (Lipinski definition) is 3. The molecule has 1 aliphatic rings. The molecule has 3 nitrogen and oxygen atoms in total. The molecule has 1 aliphatic carbocycles. The minimum Gasteiger partial charge on any atom is -0.395 e. The second kappa shape index (κ2) is 8.84. The van der Waals surface area contributed by atoms with E-state index in [1.807, 2.05) is 18.2 Å². The Kier molecular flexibility index (Phi) is 6.75. The summed E-state index contributed by atoms with van der Waals surface area (Å²) in [5, 5.41) is 18.2. The first-order valence-corrected chi connectivity index (χ1v) is 7.87. The summed E-state index contributed by atoms with van der Waals surface area (Å²) in [6, 6.07) is 8.66.